The molecule has 3 aliphatic carbocycles. The largest absolute Gasteiger partial charge is 0.352 e. The van der Waals surface area contributed by atoms with Crippen LogP contribution in [0.25, 0.3) is 0 Å². The number of benzene rings is 1. The summed E-state index contributed by atoms with van der Waals surface area (Å²) in [5.74, 6) is 2.46. The van der Waals surface area contributed by atoms with Gasteiger partial charge in [0, 0.05) is 26.6 Å². The van der Waals surface area contributed by atoms with Gasteiger partial charge in [-0.2, -0.15) is 5.26 Å². The van der Waals surface area contributed by atoms with Gasteiger partial charge < -0.3 is 5.32 Å². The Bertz CT molecular complexity index is 760. The number of halogens is 1. The van der Waals surface area contributed by atoms with Gasteiger partial charge in [-0.1, -0.05) is 22.4 Å². The first kappa shape index (κ1) is 17.1. The van der Waals surface area contributed by atoms with E-state index in [9.17, 15) is 10.1 Å². The van der Waals surface area contributed by atoms with E-state index in [0.717, 1.165) is 10.4 Å². The number of hydrogen-bond donors (Lipinski definition) is 1. The molecule has 4 fully saturated rings. The lowest BCUT2D eigenvalue weighted by atomic mass is 9.63. The number of nitrogens with zero attached hydrogens (tertiary/aromatic N) is 1. The maximum Gasteiger partial charge on any atom is 0.237 e. The number of nitrogens with one attached hydrogen (secondary N) is 1. The normalized spacial score (nSPS) is 43.3. The predicted molar refractivity (Wildman–Crippen MR) is 105 cm³/mol. The average Bonchev–Trinajstić information content (AvgIpc) is 3.14. The van der Waals surface area contributed by atoms with Crippen LogP contribution in [0.15, 0.2) is 33.6 Å². The lowest BCUT2D eigenvalue weighted by molar-refractivity contribution is -0.122. The fourth-order valence-corrected chi connectivity index (χ4v) is 8.26. The van der Waals surface area contributed by atoms with E-state index < -0.39 is 5.92 Å². The van der Waals surface area contributed by atoms with Crippen molar-refractivity contribution in [1.29, 1.82) is 5.26 Å². The first-order chi connectivity index (χ1) is 12.7. The van der Waals surface area contributed by atoms with Gasteiger partial charge in [0.2, 0.25) is 5.91 Å². The van der Waals surface area contributed by atoms with Crippen LogP contribution < -0.4 is 5.32 Å². The van der Waals surface area contributed by atoms with Crippen LogP contribution in [-0.2, 0) is 4.79 Å². The maximum absolute atomic E-state index is 12.2. The molecule has 26 heavy (non-hydrogen) atoms. The number of carbonyl (C=O) groups is 1. The second kappa shape index (κ2) is 6.56. The summed E-state index contributed by atoms with van der Waals surface area (Å²) in [6.45, 7) is 0. The van der Waals surface area contributed by atoms with Gasteiger partial charge >= 0.3 is 0 Å². The molecule has 3 nitrogen and oxygen atoms in total. The van der Waals surface area contributed by atoms with Gasteiger partial charge in [0.15, 0.2) is 0 Å². The summed E-state index contributed by atoms with van der Waals surface area (Å²) in [6, 6.07) is 11.3. The summed E-state index contributed by atoms with van der Waals surface area (Å²) in [7, 11) is 0. The molecule has 1 amide bonds. The molecule has 8 unspecified atom stereocenters. The van der Waals surface area contributed by atoms with E-state index in [1.54, 1.807) is 0 Å². The first-order valence-electron chi connectivity index (χ1n) is 9.79. The predicted octanol–water partition coefficient (Wildman–Crippen LogP) is 4.62. The number of hydrogen-bond acceptors (Lipinski definition) is 3. The zero-order valence-corrected chi connectivity index (χ0v) is 17.0. The highest BCUT2D eigenvalue weighted by Crippen LogP contribution is 2.61. The van der Waals surface area contributed by atoms with Gasteiger partial charge in [-0.15, -0.1) is 11.8 Å². The van der Waals surface area contributed by atoms with Gasteiger partial charge in [0.05, 0.1) is 6.07 Å². The molecule has 0 spiro atoms. The van der Waals surface area contributed by atoms with Gasteiger partial charge in [0.25, 0.3) is 0 Å². The van der Waals surface area contributed by atoms with Crippen LogP contribution in [0.5, 0.6) is 0 Å². The van der Waals surface area contributed by atoms with Crippen LogP contribution >= 0.6 is 27.7 Å². The lowest BCUT2D eigenvalue weighted by Gasteiger charge is -2.46. The Hall–Kier alpha value is -0.990. The fourth-order valence-electron chi connectivity index (χ4n) is 6.61. The minimum absolute atomic E-state index is 0.00515. The molecule has 1 aliphatic heterocycles. The highest BCUT2D eigenvalue weighted by molar-refractivity contribution is 9.10. The molecule has 1 aromatic rings. The molecule has 5 rings (SSSR count). The summed E-state index contributed by atoms with van der Waals surface area (Å²) < 4.78 is 1.13. The summed E-state index contributed by atoms with van der Waals surface area (Å²) in [5.41, 5.74) is 0. The second-order valence-corrected chi connectivity index (χ2v) is 10.6. The smallest absolute Gasteiger partial charge is 0.237 e. The number of thioether (sulfide) groups is 1. The number of nitriles is 1. The topological polar surface area (TPSA) is 52.9 Å². The van der Waals surface area contributed by atoms with Gasteiger partial charge in [0.1, 0.15) is 5.92 Å². The summed E-state index contributed by atoms with van der Waals surface area (Å²) in [6.07, 6.45) is 6.21. The number of rotatable bonds is 2. The van der Waals surface area contributed by atoms with Gasteiger partial charge in [-0.05, 0) is 73.6 Å². The van der Waals surface area contributed by atoms with E-state index in [-0.39, 0.29) is 17.9 Å². The van der Waals surface area contributed by atoms with Gasteiger partial charge in [-0.25, -0.2) is 0 Å². The quantitative estimate of drug-likeness (QED) is 0.744. The molecule has 1 N–H and O–H groups in total. The van der Waals surface area contributed by atoms with E-state index in [1.165, 1.54) is 37.0 Å². The summed E-state index contributed by atoms with van der Waals surface area (Å²) in [4.78, 5) is 13.6. The van der Waals surface area contributed by atoms with Crippen LogP contribution in [0.3, 0.4) is 0 Å². The van der Waals surface area contributed by atoms with E-state index in [1.807, 2.05) is 0 Å². The second-order valence-electron chi connectivity index (χ2n) is 8.41. The summed E-state index contributed by atoms with van der Waals surface area (Å²) in [5, 5.41) is 13.5. The van der Waals surface area contributed by atoms with Crippen LogP contribution in [0, 0.1) is 46.8 Å². The van der Waals surface area contributed by atoms with E-state index >= 15 is 0 Å². The fraction of sp³-hybridized carbons (Fsp3) is 0.619. The third-order valence-corrected chi connectivity index (χ3v) is 9.37. The molecule has 5 heteroatoms. The van der Waals surface area contributed by atoms with Crippen LogP contribution in [0.2, 0.25) is 0 Å². The van der Waals surface area contributed by atoms with Crippen molar-refractivity contribution < 1.29 is 4.79 Å². The van der Waals surface area contributed by atoms with Crippen molar-refractivity contribution in [2.75, 3.05) is 0 Å². The van der Waals surface area contributed by atoms with E-state index in [2.05, 4.69) is 63.3 Å². The molecular weight excluding hydrogens is 408 g/mol. The highest BCUT2D eigenvalue weighted by atomic mass is 79.9. The molecule has 1 aromatic carbocycles. The molecule has 136 valence electrons. The minimum atomic E-state index is -0.410. The number of carbonyl (C=O) groups excluding carboxylic acids is 1. The maximum atomic E-state index is 12.2. The first-order valence-corrected chi connectivity index (χ1v) is 11.5. The van der Waals surface area contributed by atoms with Gasteiger partial charge in [-0.3, -0.25) is 4.79 Å². The van der Waals surface area contributed by atoms with Crippen LogP contribution in [-0.4, -0.2) is 17.2 Å². The highest BCUT2D eigenvalue weighted by Gasteiger charge is 2.62. The molecule has 4 aliphatic rings. The SMILES string of the molecule is N#CC1C(=O)NC2C3CCCC4C(Sc5ccc(Br)cc5)CCC(C43)C12. The lowest BCUT2D eigenvalue weighted by Crippen LogP contribution is -2.43. The van der Waals surface area contributed by atoms with Crippen molar-refractivity contribution >= 4 is 33.6 Å². The van der Waals surface area contributed by atoms with Crippen LogP contribution in [0.1, 0.15) is 32.1 Å². The van der Waals surface area contributed by atoms with Crippen molar-refractivity contribution in [3.05, 3.63) is 28.7 Å². The van der Waals surface area contributed by atoms with Crippen molar-refractivity contribution in [1.82, 2.24) is 5.32 Å². The van der Waals surface area contributed by atoms with Crippen molar-refractivity contribution in [2.24, 2.45) is 35.5 Å². The minimum Gasteiger partial charge on any atom is -0.352 e. The Balaban J connectivity index is 1.41. The number of fused-ring (bicyclic) bond motifs is 3. The molecule has 1 saturated heterocycles. The standard InChI is InChI=1S/C21H23BrN2OS/c22-11-4-6-12(7-5-11)26-17-9-8-14-18-13(17)2-1-3-15(18)20-19(14)16(10-23)21(25)24-20/h4-7,13-20H,1-3,8-9H2,(H,24,25). The Morgan fingerprint density at radius 2 is 1.81 bits per heavy atom. The molecule has 0 aromatic heterocycles. The van der Waals surface area contributed by atoms with Crippen molar-refractivity contribution in [3.8, 4) is 6.07 Å². The van der Waals surface area contributed by atoms with E-state index in [0.29, 0.717) is 23.0 Å². The Morgan fingerprint density at radius 1 is 1.04 bits per heavy atom. The molecule has 3 saturated carbocycles. The van der Waals surface area contributed by atoms with E-state index in [4.69, 9.17) is 0 Å². The third kappa shape index (κ3) is 2.56. The Morgan fingerprint density at radius 3 is 2.58 bits per heavy atom. The molecule has 0 radical (unpaired) electrons. The average molecular weight is 431 g/mol. The Labute approximate surface area is 167 Å². The zero-order valence-electron chi connectivity index (χ0n) is 14.6. The molecular formula is C21H23BrN2OS. The Kier molecular flexibility index (Phi) is 4.32. The van der Waals surface area contributed by atoms with Crippen molar-refractivity contribution in [2.45, 2.75) is 48.3 Å². The molecule has 1 heterocycles. The monoisotopic (exact) mass is 430 g/mol. The van der Waals surface area contributed by atoms with Crippen molar-refractivity contribution in [3.63, 3.8) is 0 Å². The molecule has 0 bridgehead atoms. The summed E-state index contributed by atoms with van der Waals surface area (Å²) >= 11 is 5.58. The van der Waals surface area contributed by atoms with Crippen LogP contribution in [0.4, 0.5) is 0 Å². The third-order valence-electron chi connectivity index (χ3n) is 7.41. The zero-order chi connectivity index (χ0) is 17.8. The number of amides is 1. The molecule has 8 atom stereocenters.